The second-order valence-corrected chi connectivity index (χ2v) is 4.94. The van der Waals surface area contributed by atoms with Gasteiger partial charge in [0.25, 0.3) is 0 Å². The smallest absolute Gasteiger partial charge is 0.230 e. The molecule has 1 saturated heterocycles. The van der Waals surface area contributed by atoms with Crippen LogP contribution in [-0.4, -0.2) is 37.5 Å². The number of hydrogen-bond donors (Lipinski definition) is 0. The number of rotatable bonds is 2. The van der Waals surface area contributed by atoms with E-state index < -0.39 is 0 Å². The van der Waals surface area contributed by atoms with Crippen LogP contribution in [0.15, 0.2) is 18.2 Å². The van der Waals surface area contributed by atoms with Gasteiger partial charge in [0.15, 0.2) is 0 Å². The predicted octanol–water partition coefficient (Wildman–Crippen LogP) is 1.89. The average Bonchev–Trinajstić information content (AvgIpc) is 2.29. The first-order chi connectivity index (χ1) is 8.08. The minimum Gasteiger partial charge on any atom is -0.364 e. The van der Waals surface area contributed by atoms with Crippen molar-refractivity contribution in [1.29, 1.82) is 0 Å². The summed E-state index contributed by atoms with van der Waals surface area (Å²) < 4.78 is 0. The first-order valence-corrected chi connectivity index (χ1v) is 6.08. The largest absolute Gasteiger partial charge is 0.364 e. The van der Waals surface area contributed by atoms with E-state index >= 15 is 0 Å². The van der Waals surface area contributed by atoms with Crippen LogP contribution in [0.5, 0.6) is 0 Å². The zero-order chi connectivity index (χ0) is 12.4. The zero-order valence-electron chi connectivity index (χ0n) is 11.3. The summed E-state index contributed by atoms with van der Waals surface area (Å²) in [6.07, 6.45) is 0. The second-order valence-electron chi connectivity index (χ2n) is 4.94. The van der Waals surface area contributed by atoms with Crippen LogP contribution in [0.4, 0.5) is 5.69 Å². The van der Waals surface area contributed by atoms with Crippen molar-refractivity contribution in [3.63, 3.8) is 0 Å². The van der Waals surface area contributed by atoms with Crippen LogP contribution >= 0.6 is 0 Å². The van der Waals surface area contributed by atoms with Gasteiger partial charge in [-0.1, -0.05) is 19.5 Å². The quantitative estimate of drug-likeness (QED) is 0.777. The van der Waals surface area contributed by atoms with Gasteiger partial charge in [0.1, 0.15) is 0 Å². The number of benzene rings is 1. The monoisotopic (exact) mass is 320 g/mol. The molecule has 0 atom stereocenters. The molecule has 1 heterocycles. The van der Waals surface area contributed by atoms with Gasteiger partial charge in [0.05, 0.1) is 6.54 Å². The Morgan fingerprint density at radius 3 is 2.50 bits per heavy atom. The summed E-state index contributed by atoms with van der Waals surface area (Å²) in [4.78, 5) is 15.8. The van der Waals surface area contributed by atoms with Crippen molar-refractivity contribution < 1.29 is 37.5 Å². The maximum Gasteiger partial charge on any atom is 0.230 e. The normalized spacial score (nSPS) is 16.9. The van der Waals surface area contributed by atoms with Gasteiger partial charge in [-0.25, -0.2) is 0 Å². The SMILES string of the molecule is CC(C)c1[c-]cc(N2CCN(C)CC2=O)cc1.[Y]. The molecule has 1 aliphatic rings. The summed E-state index contributed by atoms with van der Waals surface area (Å²) >= 11 is 0. The first-order valence-electron chi connectivity index (χ1n) is 6.08. The molecule has 4 heteroatoms. The molecule has 1 aliphatic heterocycles. The molecule has 1 aromatic rings. The summed E-state index contributed by atoms with van der Waals surface area (Å²) in [6.45, 7) is 6.49. The van der Waals surface area contributed by atoms with E-state index in [2.05, 4.69) is 26.0 Å². The molecule has 0 aromatic heterocycles. The van der Waals surface area contributed by atoms with Crippen molar-refractivity contribution in [1.82, 2.24) is 4.90 Å². The van der Waals surface area contributed by atoms with Crippen LogP contribution < -0.4 is 4.90 Å². The first kappa shape index (κ1) is 15.8. The molecule has 3 nitrogen and oxygen atoms in total. The predicted molar refractivity (Wildman–Crippen MR) is 69.2 cm³/mol. The van der Waals surface area contributed by atoms with Gasteiger partial charge >= 0.3 is 0 Å². The summed E-state index contributed by atoms with van der Waals surface area (Å²) in [5.41, 5.74) is 2.16. The molecule has 95 valence electrons. The molecule has 0 unspecified atom stereocenters. The summed E-state index contributed by atoms with van der Waals surface area (Å²) in [5, 5.41) is 0. The second kappa shape index (κ2) is 6.79. The molecule has 0 spiro atoms. The van der Waals surface area contributed by atoms with Gasteiger partial charge in [0.2, 0.25) is 5.91 Å². The van der Waals surface area contributed by atoms with Crippen LogP contribution in [0.25, 0.3) is 0 Å². The molecule has 1 aromatic carbocycles. The van der Waals surface area contributed by atoms with Gasteiger partial charge in [-0.15, -0.1) is 6.07 Å². The Morgan fingerprint density at radius 2 is 2.00 bits per heavy atom. The molecule has 1 radical (unpaired) electrons. The fourth-order valence-electron chi connectivity index (χ4n) is 2.02. The van der Waals surface area contributed by atoms with E-state index in [4.69, 9.17) is 0 Å². The van der Waals surface area contributed by atoms with Crippen LogP contribution in [0.2, 0.25) is 0 Å². The van der Waals surface area contributed by atoms with Crippen molar-refractivity contribution in [3.05, 3.63) is 29.8 Å². The molecule has 2 rings (SSSR count). The van der Waals surface area contributed by atoms with Crippen molar-refractivity contribution in [2.24, 2.45) is 0 Å². The molecule has 0 bridgehead atoms. The van der Waals surface area contributed by atoms with E-state index in [1.54, 1.807) is 0 Å². The number of nitrogens with zero attached hydrogens (tertiary/aromatic N) is 2. The summed E-state index contributed by atoms with van der Waals surface area (Å²) in [6, 6.07) is 9.27. The van der Waals surface area contributed by atoms with Crippen molar-refractivity contribution in [2.75, 3.05) is 31.6 Å². The van der Waals surface area contributed by atoms with Crippen LogP contribution in [-0.2, 0) is 37.5 Å². The van der Waals surface area contributed by atoms with Crippen molar-refractivity contribution in [2.45, 2.75) is 19.8 Å². The topological polar surface area (TPSA) is 23.6 Å². The number of carbonyl (C=O) groups excluding carboxylic acids is 1. The molecule has 0 N–H and O–H groups in total. The summed E-state index contributed by atoms with van der Waals surface area (Å²) in [5.74, 6) is 0.650. The number of hydrogen-bond acceptors (Lipinski definition) is 2. The Hall–Kier alpha value is -0.246. The fourth-order valence-corrected chi connectivity index (χ4v) is 2.02. The van der Waals surface area contributed by atoms with Crippen molar-refractivity contribution >= 4 is 11.6 Å². The Bertz CT molecular complexity index is 403. The maximum atomic E-state index is 11.9. The van der Waals surface area contributed by atoms with E-state index in [0.29, 0.717) is 12.5 Å². The molecule has 0 saturated carbocycles. The van der Waals surface area contributed by atoms with Crippen LogP contribution in [0.1, 0.15) is 25.3 Å². The van der Waals surface area contributed by atoms with Gasteiger partial charge < -0.3 is 4.90 Å². The Balaban J connectivity index is 0.00000162. The third kappa shape index (κ3) is 3.63. The molecular formula is C14H19N2OY-. The fraction of sp³-hybridized carbons (Fsp3) is 0.500. The van der Waals surface area contributed by atoms with Gasteiger partial charge in [0, 0.05) is 45.8 Å². The van der Waals surface area contributed by atoms with Gasteiger partial charge in [-0.2, -0.15) is 23.8 Å². The van der Waals surface area contributed by atoms with Crippen molar-refractivity contribution in [3.8, 4) is 0 Å². The van der Waals surface area contributed by atoms with Gasteiger partial charge in [-0.05, 0) is 13.0 Å². The number of likely N-dealkylation sites (N-methyl/N-ethyl adjacent to an activating group) is 1. The molecule has 1 fully saturated rings. The molecule has 1 amide bonds. The number of amides is 1. The Morgan fingerprint density at radius 1 is 1.28 bits per heavy atom. The van der Waals surface area contributed by atoms with E-state index in [1.165, 1.54) is 5.56 Å². The molecule has 0 aliphatic carbocycles. The van der Waals surface area contributed by atoms with E-state index in [9.17, 15) is 4.79 Å². The third-order valence-electron chi connectivity index (χ3n) is 3.17. The Kier molecular flexibility index (Phi) is 5.96. The van der Waals surface area contributed by atoms with Gasteiger partial charge in [-0.3, -0.25) is 9.69 Å². The number of carbonyl (C=O) groups is 1. The minimum absolute atomic E-state index is 0. The number of piperazine rings is 1. The Labute approximate surface area is 134 Å². The summed E-state index contributed by atoms with van der Waals surface area (Å²) in [7, 11) is 1.98. The third-order valence-corrected chi connectivity index (χ3v) is 3.17. The maximum absolute atomic E-state index is 11.9. The minimum atomic E-state index is 0. The van der Waals surface area contributed by atoms with E-state index in [0.717, 1.165) is 18.8 Å². The van der Waals surface area contributed by atoms with Crippen LogP contribution in [0.3, 0.4) is 0 Å². The standard InChI is InChI=1S/C14H19N2O.Y/c1-11(2)12-4-6-13(7-5-12)16-9-8-15(3)10-14(16)17;/h4,6-7,11H,8-10H2,1-3H3;/q-1;. The van der Waals surface area contributed by atoms with E-state index in [-0.39, 0.29) is 38.6 Å². The number of anilines is 1. The average molecular weight is 320 g/mol. The molecule has 18 heavy (non-hydrogen) atoms. The van der Waals surface area contributed by atoms with Crippen LogP contribution in [0, 0.1) is 6.07 Å². The molecular weight excluding hydrogens is 301 g/mol. The zero-order valence-corrected chi connectivity index (χ0v) is 14.1. The van der Waals surface area contributed by atoms with E-state index in [1.807, 2.05) is 29.0 Å².